The summed E-state index contributed by atoms with van der Waals surface area (Å²) in [7, 11) is 0. The summed E-state index contributed by atoms with van der Waals surface area (Å²) in [5.74, 6) is 0.299. The van der Waals surface area contributed by atoms with Crippen LogP contribution in [0.25, 0.3) is 0 Å². The van der Waals surface area contributed by atoms with Gasteiger partial charge in [0.1, 0.15) is 5.76 Å². The third-order valence-corrected chi connectivity index (χ3v) is 2.49. The number of carbonyl (C=O) groups is 1. The van der Waals surface area contributed by atoms with Crippen molar-refractivity contribution in [2.24, 2.45) is 5.73 Å². The number of carbonyl (C=O) groups excluding carboxylic acids is 1. The first-order valence-electron chi connectivity index (χ1n) is 6.07. The van der Waals surface area contributed by atoms with Gasteiger partial charge < -0.3 is 15.5 Å². The van der Waals surface area contributed by atoms with Gasteiger partial charge in [0.2, 0.25) is 0 Å². The minimum Gasteiger partial charge on any atom is -0.467 e. The Balaban J connectivity index is 2.46. The van der Waals surface area contributed by atoms with Crippen molar-refractivity contribution in [2.45, 2.75) is 32.7 Å². The van der Waals surface area contributed by atoms with Crippen LogP contribution < -0.4 is 11.1 Å². The molecule has 1 rings (SSSR count). The third kappa shape index (κ3) is 4.48. The zero-order valence-corrected chi connectivity index (χ0v) is 10.6. The normalized spacial score (nSPS) is 10.1. The van der Waals surface area contributed by atoms with Gasteiger partial charge >= 0.3 is 6.03 Å². The molecule has 0 aliphatic carbocycles. The summed E-state index contributed by atoms with van der Waals surface area (Å²) < 4.78 is 5.13. The summed E-state index contributed by atoms with van der Waals surface area (Å²) in [5.41, 5.74) is 5.39. The van der Waals surface area contributed by atoms with E-state index in [4.69, 9.17) is 15.6 Å². The Kier molecular flexibility index (Phi) is 5.76. The topological polar surface area (TPSA) is 95.4 Å². The van der Waals surface area contributed by atoms with Crippen LogP contribution in [0.1, 0.15) is 31.9 Å². The van der Waals surface area contributed by atoms with Gasteiger partial charge in [0, 0.05) is 6.54 Å². The van der Waals surface area contributed by atoms with Crippen molar-refractivity contribution < 1.29 is 9.21 Å². The van der Waals surface area contributed by atoms with Gasteiger partial charge in [-0.2, -0.15) is 0 Å². The molecule has 0 saturated carbocycles. The smallest absolute Gasteiger partial charge is 0.324 e. The second kappa shape index (κ2) is 7.37. The molecule has 6 nitrogen and oxygen atoms in total. The number of nitrogens with one attached hydrogen (secondary N) is 2. The number of urea groups is 1. The van der Waals surface area contributed by atoms with Crippen LogP contribution in [-0.2, 0) is 6.54 Å². The van der Waals surface area contributed by atoms with Crippen LogP contribution in [-0.4, -0.2) is 23.4 Å². The molecule has 0 saturated heterocycles. The number of hydrogen-bond acceptors (Lipinski definition) is 3. The number of nitrogens with two attached hydrogens (primary N) is 1. The lowest BCUT2D eigenvalue weighted by atomic mass is 10.2. The highest BCUT2D eigenvalue weighted by atomic mass is 16.3. The summed E-state index contributed by atoms with van der Waals surface area (Å²) in [4.78, 5) is 13.0. The van der Waals surface area contributed by atoms with Gasteiger partial charge in [0.25, 0.3) is 0 Å². The van der Waals surface area contributed by atoms with E-state index >= 15 is 0 Å². The summed E-state index contributed by atoms with van der Waals surface area (Å²) in [5, 5.41) is 10.1. The maximum absolute atomic E-state index is 11.8. The van der Waals surface area contributed by atoms with E-state index in [2.05, 4.69) is 12.2 Å². The van der Waals surface area contributed by atoms with Gasteiger partial charge in [-0.05, 0) is 18.6 Å². The molecule has 4 N–H and O–H groups in total. The largest absolute Gasteiger partial charge is 0.467 e. The number of guanidine groups is 1. The number of unbranched alkanes of at least 4 members (excludes halogenated alkanes) is 2. The molecule has 6 heteroatoms. The second-order valence-corrected chi connectivity index (χ2v) is 3.99. The van der Waals surface area contributed by atoms with Crippen molar-refractivity contribution >= 4 is 12.0 Å². The fraction of sp³-hybridized carbons (Fsp3) is 0.500. The Morgan fingerprint density at radius 3 is 2.89 bits per heavy atom. The molecule has 0 bridgehead atoms. The minimum atomic E-state index is -0.366. The van der Waals surface area contributed by atoms with Gasteiger partial charge in [0.05, 0.1) is 12.8 Å². The molecule has 0 fully saturated rings. The molecule has 0 aromatic carbocycles. The number of furan rings is 1. The average molecular weight is 252 g/mol. The van der Waals surface area contributed by atoms with Gasteiger partial charge in [-0.1, -0.05) is 19.8 Å². The number of amides is 2. The number of nitrogens with zero attached hydrogens (tertiary/aromatic N) is 1. The molecule has 1 heterocycles. The first-order chi connectivity index (χ1) is 8.65. The number of hydrogen-bond donors (Lipinski definition) is 3. The molecule has 18 heavy (non-hydrogen) atoms. The van der Waals surface area contributed by atoms with Gasteiger partial charge in [-0.15, -0.1) is 0 Å². The zero-order valence-electron chi connectivity index (χ0n) is 10.6. The molecule has 1 aromatic heterocycles. The highest BCUT2D eigenvalue weighted by Crippen LogP contribution is 2.05. The first-order valence-corrected chi connectivity index (χ1v) is 6.07. The maximum Gasteiger partial charge on any atom is 0.324 e. The minimum absolute atomic E-state index is 0.169. The molecule has 0 spiro atoms. The summed E-state index contributed by atoms with van der Waals surface area (Å²) in [6, 6.07) is 3.10. The van der Waals surface area contributed by atoms with Crippen molar-refractivity contribution in [2.75, 3.05) is 6.54 Å². The zero-order chi connectivity index (χ0) is 13.4. The molecule has 0 aliphatic rings. The van der Waals surface area contributed by atoms with Crippen LogP contribution >= 0.6 is 0 Å². The van der Waals surface area contributed by atoms with E-state index in [-0.39, 0.29) is 18.5 Å². The van der Waals surface area contributed by atoms with Crippen LogP contribution in [0.3, 0.4) is 0 Å². The number of rotatable bonds is 6. The van der Waals surface area contributed by atoms with Crippen LogP contribution in [0.15, 0.2) is 22.8 Å². The Hall–Kier alpha value is -1.98. The highest BCUT2D eigenvalue weighted by molar-refractivity contribution is 5.93. The molecule has 100 valence electrons. The van der Waals surface area contributed by atoms with Crippen LogP contribution in [0.5, 0.6) is 0 Å². The summed E-state index contributed by atoms with van der Waals surface area (Å²) in [6.07, 6.45) is 4.61. The SMILES string of the molecule is CCCCCNC(=O)N(Cc1ccco1)C(=N)N. The molecule has 0 radical (unpaired) electrons. The Bertz CT molecular complexity index is 375. The fourth-order valence-corrected chi connectivity index (χ4v) is 1.49. The monoisotopic (exact) mass is 252 g/mol. The van der Waals surface area contributed by atoms with Crippen LogP contribution in [0.4, 0.5) is 4.79 Å². The first kappa shape index (κ1) is 14.1. The molecule has 0 atom stereocenters. The summed E-state index contributed by atoms with van der Waals surface area (Å²) >= 11 is 0. The van der Waals surface area contributed by atoms with E-state index in [1.165, 1.54) is 6.26 Å². The van der Waals surface area contributed by atoms with Crippen molar-refractivity contribution in [3.05, 3.63) is 24.2 Å². The highest BCUT2D eigenvalue weighted by Gasteiger charge is 2.17. The van der Waals surface area contributed by atoms with E-state index < -0.39 is 0 Å². The molecular weight excluding hydrogens is 232 g/mol. The predicted molar refractivity (Wildman–Crippen MR) is 69.1 cm³/mol. The Morgan fingerprint density at radius 1 is 1.56 bits per heavy atom. The quantitative estimate of drug-likeness (QED) is 0.409. The Morgan fingerprint density at radius 2 is 2.33 bits per heavy atom. The Labute approximate surface area is 107 Å². The molecule has 2 amide bonds. The van der Waals surface area contributed by atoms with E-state index in [0.717, 1.165) is 24.2 Å². The van der Waals surface area contributed by atoms with E-state index in [1.807, 2.05) is 0 Å². The average Bonchev–Trinajstić information content (AvgIpc) is 2.84. The van der Waals surface area contributed by atoms with Crippen molar-refractivity contribution in [3.63, 3.8) is 0 Å². The maximum atomic E-state index is 11.8. The lowest BCUT2D eigenvalue weighted by Gasteiger charge is -2.19. The van der Waals surface area contributed by atoms with Gasteiger partial charge in [-0.3, -0.25) is 10.3 Å². The van der Waals surface area contributed by atoms with E-state index in [0.29, 0.717) is 12.3 Å². The van der Waals surface area contributed by atoms with Crippen LogP contribution in [0, 0.1) is 5.41 Å². The van der Waals surface area contributed by atoms with Crippen molar-refractivity contribution in [1.82, 2.24) is 10.2 Å². The van der Waals surface area contributed by atoms with Gasteiger partial charge in [-0.25, -0.2) is 4.79 Å². The standard InChI is InChI=1S/C12H20N4O2/c1-2-3-4-7-15-12(17)16(11(13)14)9-10-6-5-8-18-10/h5-6,8H,2-4,7,9H2,1H3,(H3,13,14)(H,15,17). The van der Waals surface area contributed by atoms with Crippen LogP contribution in [0.2, 0.25) is 0 Å². The van der Waals surface area contributed by atoms with E-state index in [1.54, 1.807) is 12.1 Å². The molecule has 1 aromatic rings. The molecule has 0 aliphatic heterocycles. The lowest BCUT2D eigenvalue weighted by Crippen LogP contribution is -2.46. The predicted octanol–water partition coefficient (Wildman–Crippen LogP) is 1.87. The summed E-state index contributed by atoms with van der Waals surface area (Å²) in [6.45, 7) is 2.86. The fourth-order valence-electron chi connectivity index (χ4n) is 1.49. The molecule has 0 unspecified atom stereocenters. The second-order valence-electron chi connectivity index (χ2n) is 3.99. The third-order valence-electron chi connectivity index (χ3n) is 2.49. The van der Waals surface area contributed by atoms with Gasteiger partial charge in [0.15, 0.2) is 5.96 Å². The van der Waals surface area contributed by atoms with Crippen molar-refractivity contribution in [3.8, 4) is 0 Å². The lowest BCUT2D eigenvalue weighted by molar-refractivity contribution is 0.215. The van der Waals surface area contributed by atoms with Crippen molar-refractivity contribution in [1.29, 1.82) is 5.41 Å². The molecular formula is C12H20N4O2. The van der Waals surface area contributed by atoms with E-state index in [9.17, 15) is 4.79 Å².